The van der Waals surface area contributed by atoms with E-state index in [4.69, 9.17) is 11.6 Å². The first-order chi connectivity index (χ1) is 9.65. The van der Waals surface area contributed by atoms with Crippen molar-refractivity contribution in [1.82, 2.24) is 4.90 Å². The van der Waals surface area contributed by atoms with Crippen molar-refractivity contribution in [2.45, 2.75) is 44.2 Å². The Balaban J connectivity index is 1.62. The van der Waals surface area contributed by atoms with Gasteiger partial charge < -0.3 is 4.90 Å². The monoisotopic (exact) mass is 293 g/mol. The van der Waals surface area contributed by atoms with Gasteiger partial charge in [-0.05, 0) is 43.4 Å². The van der Waals surface area contributed by atoms with Crippen molar-refractivity contribution in [2.24, 2.45) is 0 Å². The summed E-state index contributed by atoms with van der Waals surface area (Å²) in [5.41, 5.74) is 0.907. The van der Waals surface area contributed by atoms with Gasteiger partial charge in [-0.2, -0.15) is 0 Å². The molecule has 2 heterocycles. The zero-order valence-electron chi connectivity index (χ0n) is 11.2. The first-order valence-electron chi connectivity index (χ1n) is 7.07. The van der Waals surface area contributed by atoms with Crippen molar-refractivity contribution in [3.63, 3.8) is 0 Å². The number of amides is 1. The van der Waals surface area contributed by atoms with Gasteiger partial charge in [0.25, 0.3) is 0 Å². The summed E-state index contributed by atoms with van der Waals surface area (Å²) >= 11 is 5.75. The fraction of sp³-hybridized carbons (Fsp3) is 0.438. The number of hydrogen-bond acceptors (Lipinski definition) is 1. The third kappa shape index (κ3) is 2.59. The molecule has 3 rings (SSSR count). The zero-order chi connectivity index (χ0) is 14.1. The van der Waals surface area contributed by atoms with E-state index in [1.807, 2.05) is 4.90 Å². The summed E-state index contributed by atoms with van der Waals surface area (Å²) in [4.78, 5) is 14.4. The van der Waals surface area contributed by atoms with Crippen LogP contribution in [0.5, 0.6) is 0 Å². The van der Waals surface area contributed by atoms with Gasteiger partial charge in [-0.25, -0.2) is 4.39 Å². The second kappa shape index (κ2) is 5.57. The first-order valence-corrected chi connectivity index (χ1v) is 7.44. The first kappa shape index (κ1) is 13.6. The lowest BCUT2D eigenvalue weighted by Crippen LogP contribution is -2.42. The molecule has 0 radical (unpaired) electrons. The van der Waals surface area contributed by atoms with Crippen LogP contribution in [0.15, 0.2) is 30.4 Å². The lowest BCUT2D eigenvalue weighted by Gasteiger charge is -2.31. The van der Waals surface area contributed by atoms with Crippen LogP contribution in [0.4, 0.5) is 4.39 Å². The topological polar surface area (TPSA) is 20.3 Å². The minimum atomic E-state index is -0.416. The number of aryl methyl sites for hydroxylation is 1. The van der Waals surface area contributed by atoms with Crippen molar-refractivity contribution in [3.05, 3.63) is 46.8 Å². The summed E-state index contributed by atoms with van der Waals surface area (Å²) in [7, 11) is 0. The molecule has 4 heteroatoms. The number of carbonyl (C=O) groups excluding carboxylic acids is 1. The molecule has 20 heavy (non-hydrogen) atoms. The Hall–Kier alpha value is -1.35. The Morgan fingerprint density at radius 1 is 1.40 bits per heavy atom. The number of nitrogens with zero attached hydrogens (tertiary/aromatic N) is 1. The smallest absolute Gasteiger partial charge is 0.223 e. The summed E-state index contributed by atoms with van der Waals surface area (Å²) < 4.78 is 13.1. The largest absolute Gasteiger partial charge is 0.333 e. The Labute approximate surface area is 123 Å². The highest BCUT2D eigenvalue weighted by atomic mass is 35.5. The highest BCUT2D eigenvalue weighted by Crippen LogP contribution is 2.32. The van der Waals surface area contributed by atoms with E-state index in [1.165, 1.54) is 6.07 Å². The van der Waals surface area contributed by atoms with Crippen LogP contribution in [0.2, 0.25) is 5.02 Å². The van der Waals surface area contributed by atoms with Crippen LogP contribution < -0.4 is 0 Å². The average molecular weight is 294 g/mol. The van der Waals surface area contributed by atoms with E-state index in [-0.39, 0.29) is 17.0 Å². The second-order valence-corrected chi connectivity index (χ2v) is 5.92. The zero-order valence-corrected chi connectivity index (χ0v) is 11.9. The molecule has 0 aromatic heterocycles. The van der Waals surface area contributed by atoms with Gasteiger partial charge in [0.2, 0.25) is 5.91 Å². The van der Waals surface area contributed by atoms with E-state index >= 15 is 0 Å². The van der Waals surface area contributed by atoms with Crippen LogP contribution >= 0.6 is 11.6 Å². The van der Waals surface area contributed by atoms with Crippen molar-refractivity contribution < 1.29 is 9.18 Å². The van der Waals surface area contributed by atoms with E-state index in [9.17, 15) is 9.18 Å². The van der Waals surface area contributed by atoms with Gasteiger partial charge in [0.05, 0.1) is 11.1 Å². The molecule has 2 nitrogen and oxygen atoms in total. The number of carbonyl (C=O) groups is 1. The quantitative estimate of drug-likeness (QED) is 0.778. The molecule has 2 atom stereocenters. The molecule has 1 aromatic rings. The normalized spacial score (nSPS) is 24.2. The van der Waals surface area contributed by atoms with Gasteiger partial charge in [0.15, 0.2) is 0 Å². The maximum Gasteiger partial charge on any atom is 0.223 e. The fourth-order valence-electron chi connectivity index (χ4n) is 3.19. The minimum Gasteiger partial charge on any atom is -0.333 e. The third-order valence-corrected chi connectivity index (χ3v) is 4.50. The summed E-state index contributed by atoms with van der Waals surface area (Å²) in [5, 5.41) is 0.121. The molecule has 1 aromatic carbocycles. The molecule has 2 bridgehead atoms. The van der Waals surface area contributed by atoms with Crippen LogP contribution in [0.25, 0.3) is 0 Å². The predicted molar refractivity (Wildman–Crippen MR) is 77.1 cm³/mol. The third-order valence-electron chi connectivity index (χ3n) is 4.21. The number of fused-ring (bicyclic) bond motifs is 2. The lowest BCUT2D eigenvalue weighted by atomic mass is 10.1. The maximum atomic E-state index is 13.1. The molecule has 0 aliphatic carbocycles. The molecule has 2 aliphatic rings. The molecular weight excluding hydrogens is 277 g/mol. The van der Waals surface area contributed by atoms with Crippen LogP contribution in [0, 0.1) is 5.82 Å². The number of halogens is 2. The van der Waals surface area contributed by atoms with Crippen molar-refractivity contribution in [1.29, 1.82) is 0 Å². The van der Waals surface area contributed by atoms with Crippen LogP contribution in [0.3, 0.4) is 0 Å². The molecule has 1 amide bonds. The fourth-order valence-corrected chi connectivity index (χ4v) is 3.39. The van der Waals surface area contributed by atoms with E-state index in [2.05, 4.69) is 12.2 Å². The SMILES string of the molecule is O=C(CCc1ccc(F)c(Cl)c1)N1C2C=CCC1CC2. The van der Waals surface area contributed by atoms with E-state index in [0.29, 0.717) is 18.9 Å². The summed E-state index contributed by atoms with van der Waals surface area (Å²) in [6.07, 6.45) is 8.56. The molecule has 2 unspecified atom stereocenters. The maximum absolute atomic E-state index is 13.1. The van der Waals surface area contributed by atoms with Crippen LogP contribution in [0.1, 0.15) is 31.2 Å². The molecule has 0 N–H and O–H groups in total. The van der Waals surface area contributed by atoms with E-state index in [0.717, 1.165) is 24.8 Å². The van der Waals surface area contributed by atoms with E-state index < -0.39 is 5.82 Å². The second-order valence-electron chi connectivity index (χ2n) is 5.51. The Kier molecular flexibility index (Phi) is 3.79. The molecule has 2 aliphatic heterocycles. The molecule has 1 saturated heterocycles. The standard InChI is InChI=1S/C16H17ClFNO/c17-14-10-11(4-8-15(14)18)5-9-16(20)19-12-2-1-3-13(19)7-6-12/h1-2,4,8,10,12-13H,3,5-7,9H2. The van der Waals surface area contributed by atoms with Gasteiger partial charge in [0.1, 0.15) is 5.82 Å². The van der Waals surface area contributed by atoms with Crippen molar-refractivity contribution >= 4 is 17.5 Å². The minimum absolute atomic E-state index is 0.121. The number of rotatable bonds is 3. The number of benzene rings is 1. The Morgan fingerprint density at radius 3 is 3.00 bits per heavy atom. The number of hydrogen-bond donors (Lipinski definition) is 0. The summed E-state index contributed by atoms with van der Waals surface area (Å²) in [6, 6.07) is 5.33. The molecule has 1 fully saturated rings. The van der Waals surface area contributed by atoms with E-state index in [1.54, 1.807) is 12.1 Å². The summed E-state index contributed by atoms with van der Waals surface area (Å²) in [5.74, 6) is -0.219. The summed E-state index contributed by atoms with van der Waals surface area (Å²) in [6.45, 7) is 0. The van der Waals surface area contributed by atoms with Crippen LogP contribution in [-0.2, 0) is 11.2 Å². The van der Waals surface area contributed by atoms with Crippen molar-refractivity contribution in [2.75, 3.05) is 0 Å². The van der Waals surface area contributed by atoms with Gasteiger partial charge in [-0.3, -0.25) is 4.79 Å². The van der Waals surface area contributed by atoms with Gasteiger partial charge in [-0.1, -0.05) is 29.8 Å². The Bertz CT molecular complexity index is 557. The van der Waals surface area contributed by atoms with Crippen molar-refractivity contribution in [3.8, 4) is 0 Å². The lowest BCUT2D eigenvalue weighted by molar-refractivity contribution is -0.133. The Morgan fingerprint density at radius 2 is 2.25 bits per heavy atom. The van der Waals surface area contributed by atoms with Gasteiger partial charge in [-0.15, -0.1) is 0 Å². The molecule has 0 spiro atoms. The molecule has 0 saturated carbocycles. The van der Waals surface area contributed by atoms with Gasteiger partial charge in [0, 0.05) is 12.5 Å². The average Bonchev–Trinajstić information content (AvgIpc) is 2.69. The molecule has 106 valence electrons. The predicted octanol–water partition coefficient (Wildman–Crippen LogP) is 3.73. The van der Waals surface area contributed by atoms with Gasteiger partial charge >= 0.3 is 0 Å². The molecular formula is C16H17ClFNO. The van der Waals surface area contributed by atoms with Crippen LogP contribution in [-0.4, -0.2) is 22.9 Å². The highest BCUT2D eigenvalue weighted by molar-refractivity contribution is 6.30. The highest BCUT2D eigenvalue weighted by Gasteiger charge is 2.36.